The van der Waals surface area contributed by atoms with Gasteiger partial charge in [0.25, 0.3) is 15.9 Å². The summed E-state index contributed by atoms with van der Waals surface area (Å²) in [5, 5.41) is 2.75. The number of carbonyl (C=O) groups is 1. The fourth-order valence-electron chi connectivity index (χ4n) is 3.70. The van der Waals surface area contributed by atoms with Crippen LogP contribution in [0.2, 0.25) is 0 Å². The van der Waals surface area contributed by atoms with Gasteiger partial charge in [0.2, 0.25) is 0 Å². The minimum atomic E-state index is -4.10. The highest BCUT2D eigenvalue weighted by molar-refractivity contribution is 7.97. The number of benzene rings is 3. The molecular weight excluding hydrogens is 412 g/mol. The lowest BCUT2D eigenvalue weighted by molar-refractivity contribution is -0.112. The molecule has 0 aliphatic carbocycles. The summed E-state index contributed by atoms with van der Waals surface area (Å²) in [4.78, 5) is 13.2. The number of sulfonamides is 1. The summed E-state index contributed by atoms with van der Waals surface area (Å²) < 4.78 is 33.5. The molecule has 0 bridgehead atoms. The van der Waals surface area contributed by atoms with Crippen molar-refractivity contribution >= 4 is 32.9 Å². The topological polar surface area (TPSA) is 75.7 Å². The highest BCUT2D eigenvalue weighted by atomic mass is 32.2. The van der Waals surface area contributed by atoms with E-state index in [1.165, 1.54) is 14.2 Å². The molecule has 7 heteroatoms. The molecule has 0 unspecified atom stereocenters. The number of rotatable bonds is 4. The number of amides is 1. The van der Waals surface area contributed by atoms with Gasteiger partial charge in [-0.15, -0.1) is 0 Å². The van der Waals surface area contributed by atoms with Crippen molar-refractivity contribution in [1.29, 1.82) is 0 Å². The van der Waals surface area contributed by atoms with Crippen LogP contribution in [0.1, 0.15) is 16.7 Å². The lowest BCUT2D eigenvalue weighted by atomic mass is 9.95. The molecule has 3 aromatic carbocycles. The Bertz CT molecular complexity index is 1300. The summed E-state index contributed by atoms with van der Waals surface area (Å²) >= 11 is 0. The van der Waals surface area contributed by atoms with E-state index in [9.17, 15) is 13.2 Å². The van der Waals surface area contributed by atoms with E-state index < -0.39 is 15.9 Å². The number of hydrogen-bond acceptors (Lipinski definition) is 4. The van der Waals surface area contributed by atoms with Crippen molar-refractivity contribution in [1.82, 2.24) is 0 Å². The van der Waals surface area contributed by atoms with Crippen molar-refractivity contribution in [3.8, 4) is 5.75 Å². The maximum absolute atomic E-state index is 13.5. The predicted octanol–water partition coefficient (Wildman–Crippen LogP) is 4.18. The van der Waals surface area contributed by atoms with E-state index in [1.54, 1.807) is 36.4 Å². The van der Waals surface area contributed by atoms with Crippen LogP contribution < -0.4 is 14.4 Å². The van der Waals surface area contributed by atoms with Gasteiger partial charge >= 0.3 is 0 Å². The number of fused-ring (bicyclic) bond motifs is 1. The van der Waals surface area contributed by atoms with Crippen LogP contribution in [0.25, 0.3) is 5.57 Å². The van der Waals surface area contributed by atoms with Gasteiger partial charge in [-0.25, -0.2) is 8.42 Å². The van der Waals surface area contributed by atoms with Crippen LogP contribution in [0, 0.1) is 6.92 Å². The number of nitrogens with one attached hydrogen (secondary N) is 1. The summed E-state index contributed by atoms with van der Waals surface area (Å²) in [5.41, 5.74) is 3.52. The third-order valence-electron chi connectivity index (χ3n) is 5.23. The lowest BCUT2D eigenvalue weighted by Gasteiger charge is -2.31. The third-order valence-corrected chi connectivity index (χ3v) is 7.05. The first kappa shape index (κ1) is 20.7. The Hall–Kier alpha value is -3.58. The minimum absolute atomic E-state index is 0.302. The zero-order valence-electron chi connectivity index (χ0n) is 17.4. The largest absolute Gasteiger partial charge is 0.495 e. The van der Waals surface area contributed by atoms with Crippen LogP contribution in [0.5, 0.6) is 5.75 Å². The Balaban J connectivity index is 1.96. The Labute approximate surface area is 181 Å². The molecule has 4 rings (SSSR count). The van der Waals surface area contributed by atoms with Crippen LogP contribution in [0.3, 0.4) is 0 Å². The maximum Gasteiger partial charge on any atom is 0.270 e. The first-order valence-electron chi connectivity index (χ1n) is 9.68. The normalized spacial score (nSPS) is 14.7. The van der Waals surface area contributed by atoms with Gasteiger partial charge in [-0.3, -0.25) is 9.10 Å². The molecule has 1 heterocycles. The second-order valence-electron chi connectivity index (χ2n) is 7.22. The highest BCUT2D eigenvalue weighted by Gasteiger charge is 2.39. The monoisotopic (exact) mass is 434 g/mol. The van der Waals surface area contributed by atoms with Crippen molar-refractivity contribution in [2.24, 2.45) is 0 Å². The van der Waals surface area contributed by atoms with Crippen LogP contribution in [-0.4, -0.2) is 28.5 Å². The molecule has 0 spiro atoms. The van der Waals surface area contributed by atoms with E-state index >= 15 is 0 Å². The van der Waals surface area contributed by atoms with E-state index in [4.69, 9.17) is 4.74 Å². The summed E-state index contributed by atoms with van der Waals surface area (Å²) in [6.45, 7) is 1.88. The van der Waals surface area contributed by atoms with Gasteiger partial charge in [0.15, 0.2) is 4.91 Å². The number of para-hydroxylation sites is 1. The van der Waals surface area contributed by atoms with Crippen molar-refractivity contribution in [3.63, 3.8) is 0 Å². The average molecular weight is 435 g/mol. The molecule has 0 saturated heterocycles. The molecule has 0 aromatic heterocycles. The second kappa shape index (κ2) is 7.92. The van der Waals surface area contributed by atoms with E-state index in [1.807, 2.05) is 43.3 Å². The van der Waals surface area contributed by atoms with Crippen LogP contribution in [0.4, 0.5) is 11.4 Å². The zero-order chi connectivity index (χ0) is 22.2. The maximum atomic E-state index is 13.5. The van der Waals surface area contributed by atoms with Crippen LogP contribution in [-0.2, 0) is 14.8 Å². The van der Waals surface area contributed by atoms with Gasteiger partial charge in [-0.05, 0) is 36.2 Å². The van der Waals surface area contributed by atoms with Gasteiger partial charge < -0.3 is 10.1 Å². The molecule has 1 aliphatic heterocycles. The van der Waals surface area contributed by atoms with Gasteiger partial charge in [0, 0.05) is 18.2 Å². The van der Waals surface area contributed by atoms with Crippen molar-refractivity contribution in [2.75, 3.05) is 23.8 Å². The first-order chi connectivity index (χ1) is 14.8. The lowest BCUT2D eigenvalue weighted by Crippen LogP contribution is -2.37. The molecule has 158 valence electrons. The second-order valence-corrected chi connectivity index (χ2v) is 9.12. The molecule has 0 atom stereocenters. The van der Waals surface area contributed by atoms with E-state index in [-0.39, 0.29) is 4.91 Å². The number of hydrogen-bond donors (Lipinski definition) is 1. The number of aryl methyl sites for hydroxylation is 1. The predicted molar refractivity (Wildman–Crippen MR) is 123 cm³/mol. The standard InChI is InChI=1S/C24H22N2O4S/c1-16-13-14-21(30-3)19(15-16)25-24(27)23-22(17-9-5-4-6-10-17)18-11-7-8-12-20(18)26(2)31(23,28)29/h4-15H,1-3H3,(H,25,27). The molecule has 31 heavy (non-hydrogen) atoms. The molecule has 6 nitrogen and oxygen atoms in total. The number of carbonyl (C=O) groups excluding carboxylic acids is 1. The van der Waals surface area contributed by atoms with Gasteiger partial charge in [-0.2, -0.15) is 0 Å². The summed E-state index contributed by atoms with van der Waals surface area (Å²) in [6, 6.07) is 21.5. The molecule has 1 aliphatic rings. The molecule has 0 radical (unpaired) electrons. The van der Waals surface area contributed by atoms with Gasteiger partial charge in [0.05, 0.1) is 18.5 Å². The average Bonchev–Trinajstić information content (AvgIpc) is 2.76. The molecule has 1 N–H and O–H groups in total. The molecular formula is C24H22N2O4S. The highest BCUT2D eigenvalue weighted by Crippen LogP contribution is 2.42. The Morgan fingerprint density at radius 3 is 2.35 bits per heavy atom. The van der Waals surface area contributed by atoms with Crippen molar-refractivity contribution in [2.45, 2.75) is 6.92 Å². The third kappa shape index (κ3) is 3.57. The number of methoxy groups -OCH3 is 1. The minimum Gasteiger partial charge on any atom is -0.495 e. The van der Waals surface area contributed by atoms with Gasteiger partial charge in [-0.1, -0.05) is 54.6 Å². The quantitative estimate of drug-likeness (QED) is 0.668. The summed E-state index contributed by atoms with van der Waals surface area (Å²) in [5.74, 6) is -0.271. The Kier molecular flexibility index (Phi) is 5.29. The van der Waals surface area contributed by atoms with E-state index in [0.29, 0.717) is 33.8 Å². The van der Waals surface area contributed by atoms with Crippen LogP contribution >= 0.6 is 0 Å². The Morgan fingerprint density at radius 1 is 0.968 bits per heavy atom. The van der Waals surface area contributed by atoms with E-state index in [2.05, 4.69) is 5.32 Å². The fourth-order valence-corrected chi connectivity index (χ4v) is 5.16. The fraction of sp³-hybridized carbons (Fsp3) is 0.125. The van der Waals surface area contributed by atoms with Crippen molar-refractivity contribution < 1.29 is 17.9 Å². The van der Waals surface area contributed by atoms with Crippen molar-refractivity contribution in [3.05, 3.63) is 94.4 Å². The van der Waals surface area contributed by atoms with E-state index in [0.717, 1.165) is 9.87 Å². The smallest absolute Gasteiger partial charge is 0.270 e. The molecule has 0 saturated carbocycles. The molecule has 0 fully saturated rings. The van der Waals surface area contributed by atoms with Crippen LogP contribution in [0.15, 0.2) is 77.7 Å². The SMILES string of the molecule is COc1ccc(C)cc1NC(=O)C1=C(c2ccccc2)c2ccccc2N(C)S1(=O)=O. The number of anilines is 2. The molecule has 1 amide bonds. The first-order valence-corrected chi connectivity index (χ1v) is 11.1. The number of ether oxygens (including phenoxy) is 1. The number of nitrogens with zero attached hydrogens (tertiary/aromatic N) is 1. The summed E-state index contributed by atoms with van der Waals surface area (Å²) in [7, 11) is -1.15. The summed E-state index contributed by atoms with van der Waals surface area (Å²) in [6.07, 6.45) is 0. The molecule has 3 aromatic rings. The van der Waals surface area contributed by atoms with Gasteiger partial charge in [0.1, 0.15) is 5.75 Å². The Morgan fingerprint density at radius 2 is 1.65 bits per heavy atom. The zero-order valence-corrected chi connectivity index (χ0v) is 18.2.